The predicted molar refractivity (Wildman–Crippen MR) is 101 cm³/mol. The highest BCUT2D eigenvalue weighted by molar-refractivity contribution is 5.75. The average Bonchev–Trinajstić information content (AvgIpc) is 3.19. The van der Waals surface area contributed by atoms with Gasteiger partial charge in [-0.3, -0.25) is 9.48 Å². The van der Waals surface area contributed by atoms with E-state index in [9.17, 15) is 9.18 Å². The second kappa shape index (κ2) is 9.52. The molecule has 0 saturated heterocycles. The van der Waals surface area contributed by atoms with Gasteiger partial charge in [0.15, 0.2) is 0 Å². The molecule has 0 fully saturated rings. The SMILES string of the molecule is O=C(CCCOc1ccc(F)cc1)NCc1ccccc1Cn1cccn1. The molecule has 0 bridgehead atoms. The summed E-state index contributed by atoms with van der Waals surface area (Å²) in [6.45, 7) is 1.56. The first-order chi connectivity index (χ1) is 13.2. The third-order valence-corrected chi connectivity index (χ3v) is 4.12. The lowest BCUT2D eigenvalue weighted by Gasteiger charge is -2.11. The molecule has 1 aromatic heterocycles. The number of aromatic nitrogens is 2. The van der Waals surface area contributed by atoms with Crippen LogP contribution in [0.15, 0.2) is 67.0 Å². The van der Waals surface area contributed by atoms with E-state index in [1.807, 2.05) is 41.2 Å². The van der Waals surface area contributed by atoms with E-state index >= 15 is 0 Å². The van der Waals surface area contributed by atoms with Crippen LogP contribution in [-0.2, 0) is 17.9 Å². The van der Waals surface area contributed by atoms with Gasteiger partial charge in [-0.25, -0.2) is 4.39 Å². The summed E-state index contributed by atoms with van der Waals surface area (Å²) in [7, 11) is 0. The minimum atomic E-state index is -0.297. The van der Waals surface area contributed by atoms with Crippen molar-refractivity contribution >= 4 is 5.91 Å². The Bertz CT molecular complexity index is 848. The summed E-state index contributed by atoms with van der Waals surface area (Å²) in [6, 6.07) is 15.7. The van der Waals surface area contributed by atoms with Crippen molar-refractivity contribution < 1.29 is 13.9 Å². The van der Waals surface area contributed by atoms with Crippen molar-refractivity contribution in [2.24, 2.45) is 0 Å². The van der Waals surface area contributed by atoms with Crippen molar-refractivity contribution in [2.75, 3.05) is 6.61 Å². The van der Waals surface area contributed by atoms with Crippen LogP contribution >= 0.6 is 0 Å². The van der Waals surface area contributed by atoms with Gasteiger partial charge in [0.1, 0.15) is 11.6 Å². The van der Waals surface area contributed by atoms with Gasteiger partial charge in [-0.2, -0.15) is 5.10 Å². The maximum Gasteiger partial charge on any atom is 0.220 e. The van der Waals surface area contributed by atoms with Crippen LogP contribution in [0.4, 0.5) is 4.39 Å². The maximum absolute atomic E-state index is 12.8. The molecular weight excluding hydrogens is 345 g/mol. The van der Waals surface area contributed by atoms with E-state index in [4.69, 9.17) is 4.74 Å². The van der Waals surface area contributed by atoms with Crippen molar-refractivity contribution in [3.8, 4) is 5.75 Å². The quantitative estimate of drug-likeness (QED) is 0.589. The number of nitrogens with zero attached hydrogens (tertiary/aromatic N) is 2. The molecule has 1 N–H and O–H groups in total. The highest BCUT2D eigenvalue weighted by Gasteiger charge is 2.06. The summed E-state index contributed by atoms with van der Waals surface area (Å²) < 4.78 is 20.2. The molecule has 0 spiro atoms. The lowest BCUT2D eigenvalue weighted by molar-refractivity contribution is -0.121. The van der Waals surface area contributed by atoms with Gasteiger partial charge >= 0.3 is 0 Å². The molecule has 140 valence electrons. The molecule has 5 nitrogen and oxygen atoms in total. The van der Waals surface area contributed by atoms with Gasteiger partial charge in [-0.1, -0.05) is 24.3 Å². The third kappa shape index (κ3) is 5.95. The topological polar surface area (TPSA) is 56.1 Å². The van der Waals surface area contributed by atoms with Crippen LogP contribution in [0.5, 0.6) is 5.75 Å². The smallest absolute Gasteiger partial charge is 0.220 e. The lowest BCUT2D eigenvalue weighted by Crippen LogP contribution is -2.23. The second-order valence-electron chi connectivity index (χ2n) is 6.16. The molecule has 3 aromatic rings. The molecule has 0 saturated carbocycles. The van der Waals surface area contributed by atoms with Gasteiger partial charge in [-0.05, 0) is 47.9 Å². The van der Waals surface area contributed by atoms with E-state index in [1.54, 1.807) is 18.3 Å². The van der Waals surface area contributed by atoms with E-state index in [0.717, 1.165) is 11.1 Å². The highest BCUT2D eigenvalue weighted by Crippen LogP contribution is 2.12. The van der Waals surface area contributed by atoms with Crippen molar-refractivity contribution in [2.45, 2.75) is 25.9 Å². The van der Waals surface area contributed by atoms with Gasteiger partial charge in [0.05, 0.1) is 13.2 Å². The number of carbonyl (C=O) groups is 1. The molecule has 0 aliphatic heterocycles. The van der Waals surface area contributed by atoms with Gasteiger partial charge in [0.2, 0.25) is 5.91 Å². The van der Waals surface area contributed by atoms with Crippen molar-refractivity contribution in [1.82, 2.24) is 15.1 Å². The summed E-state index contributed by atoms with van der Waals surface area (Å²) in [5.41, 5.74) is 2.20. The first-order valence-electron chi connectivity index (χ1n) is 8.90. The summed E-state index contributed by atoms with van der Waals surface area (Å²) in [6.07, 6.45) is 4.63. The maximum atomic E-state index is 12.8. The first-order valence-corrected chi connectivity index (χ1v) is 8.90. The Morgan fingerprint density at radius 3 is 2.59 bits per heavy atom. The number of rotatable bonds is 9. The number of amides is 1. The molecule has 0 radical (unpaired) electrons. The number of benzene rings is 2. The molecule has 3 rings (SSSR count). The highest BCUT2D eigenvalue weighted by atomic mass is 19.1. The van der Waals surface area contributed by atoms with E-state index in [0.29, 0.717) is 38.3 Å². The third-order valence-electron chi connectivity index (χ3n) is 4.12. The summed E-state index contributed by atoms with van der Waals surface area (Å²) >= 11 is 0. The standard InChI is InChI=1S/C21H22FN3O2/c22-19-8-10-20(11-9-19)27-14-3-7-21(26)23-15-17-5-1-2-6-18(17)16-25-13-4-12-24-25/h1-2,4-6,8-13H,3,7,14-16H2,(H,23,26). The van der Waals surface area contributed by atoms with Gasteiger partial charge in [0.25, 0.3) is 0 Å². The Labute approximate surface area is 157 Å². The fourth-order valence-electron chi connectivity index (χ4n) is 2.69. The number of hydrogen-bond acceptors (Lipinski definition) is 3. The summed E-state index contributed by atoms with van der Waals surface area (Å²) in [5.74, 6) is 0.283. The fraction of sp³-hybridized carbons (Fsp3) is 0.238. The zero-order chi connectivity index (χ0) is 18.9. The van der Waals surface area contributed by atoms with Crippen molar-refractivity contribution in [1.29, 1.82) is 0 Å². The molecule has 27 heavy (non-hydrogen) atoms. The largest absolute Gasteiger partial charge is 0.494 e. The van der Waals surface area contributed by atoms with Crippen LogP contribution in [0.3, 0.4) is 0 Å². The number of nitrogens with one attached hydrogen (secondary N) is 1. The Hall–Kier alpha value is -3.15. The molecule has 6 heteroatoms. The number of ether oxygens (including phenoxy) is 1. The Morgan fingerprint density at radius 1 is 1.07 bits per heavy atom. The van der Waals surface area contributed by atoms with Gasteiger partial charge in [-0.15, -0.1) is 0 Å². The molecule has 0 unspecified atom stereocenters. The Kier molecular flexibility index (Phi) is 6.57. The monoisotopic (exact) mass is 367 g/mol. The van der Waals surface area contributed by atoms with Crippen molar-refractivity contribution in [3.63, 3.8) is 0 Å². The van der Waals surface area contributed by atoms with Crippen LogP contribution in [0.25, 0.3) is 0 Å². The molecular formula is C21H22FN3O2. The van der Waals surface area contributed by atoms with Crippen LogP contribution < -0.4 is 10.1 Å². The molecule has 1 heterocycles. The minimum Gasteiger partial charge on any atom is -0.494 e. The van der Waals surface area contributed by atoms with Crippen LogP contribution in [0.1, 0.15) is 24.0 Å². The van der Waals surface area contributed by atoms with Crippen LogP contribution in [-0.4, -0.2) is 22.3 Å². The normalized spacial score (nSPS) is 10.6. The lowest BCUT2D eigenvalue weighted by atomic mass is 10.1. The van der Waals surface area contributed by atoms with E-state index in [-0.39, 0.29) is 11.7 Å². The number of carbonyl (C=O) groups excluding carboxylic acids is 1. The average molecular weight is 367 g/mol. The summed E-state index contributed by atoms with van der Waals surface area (Å²) in [5, 5.41) is 7.17. The second-order valence-corrected chi connectivity index (χ2v) is 6.16. The van der Waals surface area contributed by atoms with Crippen LogP contribution in [0.2, 0.25) is 0 Å². The molecule has 1 amide bonds. The number of halogens is 1. The predicted octanol–water partition coefficient (Wildman–Crippen LogP) is 3.55. The zero-order valence-electron chi connectivity index (χ0n) is 15.0. The zero-order valence-corrected chi connectivity index (χ0v) is 15.0. The van der Waals surface area contributed by atoms with E-state index in [1.165, 1.54) is 12.1 Å². The van der Waals surface area contributed by atoms with Gasteiger partial charge in [0, 0.05) is 25.4 Å². The molecule has 0 aliphatic rings. The van der Waals surface area contributed by atoms with Crippen LogP contribution in [0, 0.1) is 5.82 Å². The van der Waals surface area contributed by atoms with Gasteiger partial charge < -0.3 is 10.1 Å². The Balaban J connectivity index is 1.41. The Morgan fingerprint density at radius 2 is 1.85 bits per heavy atom. The molecule has 0 aliphatic carbocycles. The van der Waals surface area contributed by atoms with E-state index in [2.05, 4.69) is 10.4 Å². The summed E-state index contributed by atoms with van der Waals surface area (Å²) in [4.78, 5) is 12.1. The molecule has 2 aromatic carbocycles. The molecule has 0 atom stereocenters. The first kappa shape index (κ1) is 18.6. The minimum absolute atomic E-state index is 0.0217. The fourth-order valence-corrected chi connectivity index (χ4v) is 2.69. The van der Waals surface area contributed by atoms with Crippen molar-refractivity contribution in [3.05, 3.63) is 83.9 Å². The van der Waals surface area contributed by atoms with E-state index < -0.39 is 0 Å². The number of hydrogen-bond donors (Lipinski definition) is 1.